The number of aliphatic hydroxyl groups is 1. The standard InChI is InChI=1S/C13H11Cl2NO3/c14-9-4-1-3-8(12(9)15)13(18)16-10(7-17)11-5-2-6-19-11/h1-6,10,17H,7H2,(H,16,18). The molecule has 0 spiro atoms. The maximum absolute atomic E-state index is 12.1. The number of furan rings is 1. The number of rotatable bonds is 4. The van der Waals surface area contributed by atoms with E-state index in [4.69, 9.17) is 27.6 Å². The van der Waals surface area contributed by atoms with E-state index in [0.29, 0.717) is 10.8 Å². The van der Waals surface area contributed by atoms with Gasteiger partial charge in [-0.1, -0.05) is 29.3 Å². The van der Waals surface area contributed by atoms with E-state index in [9.17, 15) is 9.90 Å². The summed E-state index contributed by atoms with van der Waals surface area (Å²) in [5.41, 5.74) is 0.249. The zero-order valence-corrected chi connectivity index (χ0v) is 11.3. The number of hydrogen-bond acceptors (Lipinski definition) is 3. The van der Waals surface area contributed by atoms with Crippen LogP contribution in [-0.4, -0.2) is 17.6 Å². The third-order valence-corrected chi connectivity index (χ3v) is 3.39. The molecule has 1 aromatic heterocycles. The predicted molar refractivity (Wildman–Crippen MR) is 72.5 cm³/mol. The van der Waals surface area contributed by atoms with Gasteiger partial charge >= 0.3 is 0 Å². The van der Waals surface area contributed by atoms with Crippen molar-refractivity contribution in [2.75, 3.05) is 6.61 Å². The van der Waals surface area contributed by atoms with Crippen LogP contribution in [0.2, 0.25) is 10.0 Å². The Bertz CT molecular complexity index is 569. The first-order valence-corrected chi connectivity index (χ1v) is 6.28. The van der Waals surface area contributed by atoms with Crippen molar-refractivity contribution in [1.29, 1.82) is 0 Å². The lowest BCUT2D eigenvalue weighted by Gasteiger charge is -2.14. The lowest BCUT2D eigenvalue weighted by molar-refractivity contribution is 0.0907. The Morgan fingerprint density at radius 2 is 2.11 bits per heavy atom. The number of halogens is 2. The smallest absolute Gasteiger partial charge is 0.253 e. The average Bonchev–Trinajstić information content (AvgIpc) is 2.92. The third-order valence-electron chi connectivity index (χ3n) is 2.57. The van der Waals surface area contributed by atoms with Gasteiger partial charge in [0.15, 0.2) is 0 Å². The highest BCUT2D eigenvalue weighted by molar-refractivity contribution is 6.43. The minimum atomic E-state index is -0.627. The van der Waals surface area contributed by atoms with Gasteiger partial charge in [0.25, 0.3) is 5.91 Å². The van der Waals surface area contributed by atoms with Crippen LogP contribution in [0.1, 0.15) is 22.2 Å². The van der Waals surface area contributed by atoms with Crippen LogP contribution >= 0.6 is 23.2 Å². The first kappa shape index (κ1) is 13.9. The molecule has 0 saturated carbocycles. The fourth-order valence-corrected chi connectivity index (χ4v) is 2.00. The second-order valence-electron chi connectivity index (χ2n) is 3.83. The van der Waals surface area contributed by atoms with Gasteiger partial charge in [0.2, 0.25) is 0 Å². The summed E-state index contributed by atoms with van der Waals surface area (Å²) in [6.07, 6.45) is 1.47. The lowest BCUT2D eigenvalue weighted by atomic mass is 10.1. The van der Waals surface area contributed by atoms with E-state index in [0.717, 1.165) is 0 Å². The average molecular weight is 300 g/mol. The molecular weight excluding hydrogens is 289 g/mol. The van der Waals surface area contributed by atoms with Crippen molar-refractivity contribution in [1.82, 2.24) is 5.32 Å². The summed E-state index contributed by atoms with van der Waals surface area (Å²) in [6, 6.07) is 7.50. The highest BCUT2D eigenvalue weighted by atomic mass is 35.5. The molecule has 1 unspecified atom stereocenters. The molecule has 2 aromatic rings. The monoisotopic (exact) mass is 299 g/mol. The summed E-state index contributed by atoms with van der Waals surface area (Å²) in [5.74, 6) is 0.0388. The molecule has 0 saturated heterocycles. The van der Waals surface area contributed by atoms with E-state index < -0.39 is 11.9 Å². The maximum Gasteiger partial charge on any atom is 0.253 e. The van der Waals surface area contributed by atoms with Crippen LogP contribution in [0.3, 0.4) is 0 Å². The van der Waals surface area contributed by atoms with Crippen LogP contribution in [0.15, 0.2) is 41.0 Å². The Morgan fingerprint density at radius 3 is 2.74 bits per heavy atom. The molecule has 6 heteroatoms. The van der Waals surface area contributed by atoms with Gasteiger partial charge in [0, 0.05) is 0 Å². The van der Waals surface area contributed by atoms with Crippen molar-refractivity contribution in [2.24, 2.45) is 0 Å². The molecular formula is C13H11Cl2NO3. The number of carbonyl (C=O) groups excluding carboxylic acids is 1. The largest absolute Gasteiger partial charge is 0.467 e. The Morgan fingerprint density at radius 1 is 1.32 bits per heavy atom. The van der Waals surface area contributed by atoms with Crippen LogP contribution in [0.5, 0.6) is 0 Å². The first-order valence-electron chi connectivity index (χ1n) is 5.52. The minimum absolute atomic E-state index is 0.179. The summed E-state index contributed by atoms with van der Waals surface area (Å²) in [4.78, 5) is 12.1. The van der Waals surface area contributed by atoms with E-state index in [1.807, 2.05) is 0 Å². The third kappa shape index (κ3) is 3.10. The number of benzene rings is 1. The Balaban J connectivity index is 2.18. The van der Waals surface area contributed by atoms with Crippen LogP contribution in [0.4, 0.5) is 0 Å². The van der Waals surface area contributed by atoms with Crippen molar-refractivity contribution in [2.45, 2.75) is 6.04 Å². The van der Waals surface area contributed by atoms with Crippen molar-refractivity contribution < 1.29 is 14.3 Å². The van der Waals surface area contributed by atoms with Gasteiger partial charge in [-0.05, 0) is 24.3 Å². The molecule has 1 atom stereocenters. The number of hydrogen-bond donors (Lipinski definition) is 2. The van der Waals surface area contributed by atoms with Crippen molar-refractivity contribution >= 4 is 29.1 Å². The molecule has 0 aliphatic rings. The minimum Gasteiger partial charge on any atom is -0.467 e. The van der Waals surface area contributed by atoms with E-state index in [-0.39, 0.29) is 17.2 Å². The van der Waals surface area contributed by atoms with Crippen LogP contribution < -0.4 is 5.32 Å². The first-order chi connectivity index (χ1) is 9.13. The van der Waals surface area contributed by atoms with Crippen molar-refractivity contribution in [3.63, 3.8) is 0 Å². The Kier molecular flexibility index (Phi) is 4.47. The van der Waals surface area contributed by atoms with Crippen molar-refractivity contribution in [3.05, 3.63) is 58.0 Å². The Labute approximate surface area is 119 Å². The Hall–Kier alpha value is -1.49. The van der Waals surface area contributed by atoms with Crippen LogP contribution in [0.25, 0.3) is 0 Å². The molecule has 4 nitrogen and oxygen atoms in total. The summed E-state index contributed by atoms with van der Waals surface area (Å²) >= 11 is 11.8. The highest BCUT2D eigenvalue weighted by Gasteiger charge is 2.19. The summed E-state index contributed by atoms with van der Waals surface area (Å²) in [6.45, 7) is -0.280. The number of nitrogens with one attached hydrogen (secondary N) is 1. The molecule has 0 fully saturated rings. The number of carbonyl (C=O) groups is 1. The van der Waals surface area contributed by atoms with E-state index in [1.54, 1.807) is 30.3 Å². The highest BCUT2D eigenvalue weighted by Crippen LogP contribution is 2.26. The molecule has 1 aromatic carbocycles. The van der Waals surface area contributed by atoms with E-state index in [1.165, 1.54) is 6.26 Å². The van der Waals surface area contributed by atoms with Crippen LogP contribution in [0, 0.1) is 0 Å². The van der Waals surface area contributed by atoms with Gasteiger partial charge in [0.05, 0.1) is 28.5 Å². The van der Waals surface area contributed by atoms with Crippen molar-refractivity contribution in [3.8, 4) is 0 Å². The molecule has 2 N–H and O–H groups in total. The van der Waals surface area contributed by atoms with Gasteiger partial charge in [0.1, 0.15) is 11.8 Å². The molecule has 100 valence electrons. The van der Waals surface area contributed by atoms with E-state index >= 15 is 0 Å². The zero-order chi connectivity index (χ0) is 13.8. The molecule has 1 heterocycles. The molecule has 2 rings (SSSR count). The molecule has 0 aliphatic carbocycles. The predicted octanol–water partition coefficient (Wildman–Crippen LogP) is 3.05. The SMILES string of the molecule is O=C(NC(CO)c1ccco1)c1cccc(Cl)c1Cl. The normalized spacial score (nSPS) is 12.2. The lowest BCUT2D eigenvalue weighted by Crippen LogP contribution is -2.30. The second-order valence-corrected chi connectivity index (χ2v) is 4.61. The molecule has 19 heavy (non-hydrogen) atoms. The summed E-state index contributed by atoms with van der Waals surface area (Å²) < 4.78 is 5.14. The number of amides is 1. The topological polar surface area (TPSA) is 62.5 Å². The van der Waals surface area contributed by atoms with Gasteiger partial charge in [-0.2, -0.15) is 0 Å². The fraction of sp³-hybridized carbons (Fsp3) is 0.154. The maximum atomic E-state index is 12.1. The summed E-state index contributed by atoms with van der Waals surface area (Å²) in [5, 5.41) is 12.4. The van der Waals surface area contributed by atoms with Gasteiger partial charge in [-0.25, -0.2) is 0 Å². The van der Waals surface area contributed by atoms with Gasteiger partial charge in [-0.15, -0.1) is 0 Å². The molecule has 0 radical (unpaired) electrons. The second kappa shape index (κ2) is 6.10. The van der Waals surface area contributed by atoms with E-state index in [2.05, 4.69) is 5.32 Å². The quantitative estimate of drug-likeness (QED) is 0.912. The number of aliphatic hydroxyl groups excluding tert-OH is 1. The van der Waals surface area contributed by atoms with Gasteiger partial charge in [-0.3, -0.25) is 4.79 Å². The van der Waals surface area contributed by atoms with Crippen LogP contribution in [-0.2, 0) is 0 Å². The molecule has 0 aliphatic heterocycles. The fourth-order valence-electron chi connectivity index (χ4n) is 1.61. The zero-order valence-electron chi connectivity index (χ0n) is 9.77. The summed E-state index contributed by atoms with van der Waals surface area (Å²) in [7, 11) is 0. The molecule has 1 amide bonds. The molecule has 0 bridgehead atoms. The van der Waals surface area contributed by atoms with Gasteiger partial charge < -0.3 is 14.8 Å².